The first-order valence-electron chi connectivity index (χ1n) is 17.4. The Kier molecular flexibility index (Phi) is 6.16. The van der Waals surface area contributed by atoms with Crippen molar-refractivity contribution in [1.82, 2.24) is 9.13 Å². The van der Waals surface area contributed by atoms with Crippen LogP contribution in [0.4, 0.5) is 0 Å². The third-order valence-electron chi connectivity index (χ3n) is 10.5. The quantitative estimate of drug-likeness (QED) is 0.177. The number of benzene rings is 8. The molecule has 3 heterocycles. The Bertz CT molecular complexity index is 3050. The number of hydrogen-bond donors (Lipinski definition) is 0. The summed E-state index contributed by atoms with van der Waals surface area (Å²) in [5.74, 6) is 0. The Balaban J connectivity index is 1.28. The first kappa shape index (κ1) is 28.4. The standard InChI is InChI=1S/C48H30N2S/c1-4-14-31(15-5-1)33-28-34(32-16-6-2-7-17-32)30-36(29-33)50-41-22-12-10-20-37(41)38-25-27-44-46(47(38)50)40-24-26-43-45(48(40)51-44)39-21-11-13-23-42(39)49(43)35-18-8-3-9-19-35/h1-30H. The third-order valence-corrected chi connectivity index (χ3v) is 11.7. The zero-order valence-corrected chi connectivity index (χ0v) is 28.4. The summed E-state index contributed by atoms with van der Waals surface area (Å²) in [6.45, 7) is 0. The molecule has 51 heavy (non-hydrogen) atoms. The molecule has 8 aromatic carbocycles. The van der Waals surface area contributed by atoms with Crippen LogP contribution >= 0.6 is 11.3 Å². The molecule has 0 atom stereocenters. The molecule has 0 unspecified atom stereocenters. The van der Waals surface area contributed by atoms with E-state index in [2.05, 4.69) is 191 Å². The lowest BCUT2D eigenvalue weighted by molar-refractivity contribution is 1.18. The van der Waals surface area contributed by atoms with Gasteiger partial charge in [-0.05, 0) is 76.9 Å². The van der Waals surface area contributed by atoms with E-state index in [1.165, 1.54) is 91.7 Å². The van der Waals surface area contributed by atoms with Crippen molar-refractivity contribution in [2.45, 2.75) is 0 Å². The van der Waals surface area contributed by atoms with Crippen molar-refractivity contribution < 1.29 is 0 Å². The normalized spacial score (nSPS) is 11.9. The summed E-state index contributed by atoms with van der Waals surface area (Å²) < 4.78 is 7.57. The molecule has 0 bridgehead atoms. The lowest BCUT2D eigenvalue weighted by atomic mass is 9.98. The molecular weight excluding hydrogens is 637 g/mol. The summed E-state index contributed by atoms with van der Waals surface area (Å²) >= 11 is 1.92. The molecule has 0 amide bonds. The van der Waals surface area contributed by atoms with Gasteiger partial charge in [0, 0.05) is 53.1 Å². The molecule has 11 rings (SSSR count). The molecular formula is C48H30N2S. The van der Waals surface area contributed by atoms with Crippen molar-refractivity contribution in [3.63, 3.8) is 0 Å². The maximum absolute atomic E-state index is 2.52. The molecule has 0 aliphatic carbocycles. The van der Waals surface area contributed by atoms with Crippen LogP contribution in [0.5, 0.6) is 0 Å². The molecule has 0 saturated carbocycles. The molecule has 0 N–H and O–H groups in total. The summed E-state index contributed by atoms with van der Waals surface area (Å²) in [4.78, 5) is 0. The van der Waals surface area contributed by atoms with Crippen LogP contribution < -0.4 is 0 Å². The second-order valence-corrected chi connectivity index (χ2v) is 14.4. The van der Waals surface area contributed by atoms with E-state index in [0.717, 1.165) is 5.69 Å². The van der Waals surface area contributed by atoms with Crippen LogP contribution in [0.3, 0.4) is 0 Å². The lowest BCUT2D eigenvalue weighted by Gasteiger charge is -2.14. The van der Waals surface area contributed by atoms with E-state index in [4.69, 9.17) is 0 Å². The molecule has 238 valence electrons. The Morgan fingerprint density at radius 1 is 0.333 bits per heavy atom. The number of nitrogens with zero attached hydrogens (tertiary/aromatic N) is 2. The molecule has 0 saturated heterocycles. The van der Waals surface area contributed by atoms with Gasteiger partial charge in [0.2, 0.25) is 0 Å². The fraction of sp³-hybridized carbons (Fsp3) is 0. The summed E-state index contributed by atoms with van der Waals surface area (Å²) in [6, 6.07) is 66.5. The minimum atomic E-state index is 1.16. The Hall–Kier alpha value is -6.42. The lowest BCUT2D eigenvalue weighted by Crippen LogP contribution is -1.96. The van der Waals surface area contributed by atoms with Gasteiger partial charge in [-0.15, -0.1) is 11.3 Å². The summed E-state index contributed by atoms with van der Waals surface area (Å²) in [7, 11) is 0. The van der Waals surface area contributed by atoms with Gasteiger partial charge in [0.25, 0.3) is 0 Å². The minimum Gasteiger partial charge on any atom is -0.309 e. The van der Waals surface area contributed by atoms with Crippen LogP contribution in [0.25, 0.3) is 97.4 Å². The number of hydrogen-bond acceptors (Lipinski definition) is 1. The molecule has 11 aromatic rings. The zero-order chi connectivity index (χ0) is 33.5. The monoisotopic (exact) mass is 666 g/mol. The maximum atomic E-state index is 2.52. The van der Waals surface area contributed by atoms with Crippen molar-refractivity contribution >= 4 is 75.1 Å². The van der Waals surface area contributed by atoms with Crippen molar-refractivity contribution in [2.24, 2.45) is 0 Å². The van der Waals surface area contributed by atoms with Crippen LogP contribution in [0, 0.1) is 0 Å². The van der Waals surface area contributed by atoms with Gasteiger partial charge in [0.15, 0.2) is 0 Å². The Morgan fingerprint density at radius 2 is 0.902 bits per heavy atom. The number of aromatic nitrogens is 2. The van der Waals surface area contributed by atoms with E-state index in [-0.39, 0.29) is 0 Å². The van der Waals surface area contributed by atoms with Gasteiger partial charge in [-0.1, -0.05) is 127 Å². The first-order valence-corrected chi connectivity index (χ1v) is 18.3. The van der Waals surface area contributed by atoms with E-state index in [9.17, 15) is 0 Å². The van der Waals surface area contributed by atoms with Crippen LogP contribution in [0.1, 0.15) is 0 Å². The molecule has 0 aliphatic heterocycles. The summed E-state index contributed by atoms with van der Waals surface area (Å²) in [6.07, 6.45) is 0. The van der Waals surface area contributed by atoms with E-state index in [1.54, 1.807) is 0 Å². The van der Waals surface area contributed by atoms with Crippen molar-refractivity contribution in [1.29, 1.82) is 0 Å². The van der Waals surface area contributed by atoms with Crippen LogP contribution in [0.15, 0.2) is 182 Å². The van der Waals surface area contributed by atoms with Gasteiger partial charge in [-0.25, -0.2) is 0 Å². The van der Waals surface area contributed by atoms with Crippen molar-refractivity contribution in [3.05, 3.63) is 182 Å². The Labute approximate surface area is 298 Å². The molecule has 2 nitrogen and oxygen atoms in total. The molecule has 3 heteroatoms. The van der Waals surface area contributed by atoms with Crippen LogP contribution in [-0.2, 0) is 0 Å². The van der Waals surface area contributed by atoms with Gasteiger partial charge in [-0.3, -0.25) is 0 Å². The van der Waals surface area contributed by atoms with Gasteiger partial charge < -0.3 is 9.13 Å². The van der Waals surface area contributed by atoms with Crippen LogP contribution in [-0.4, -0.2) is 9.13 Å². The SMILES string of the molecule is c1ccc(-c2cc(-c3ccccc3)cc(-n3c4ccccc4c4ccc5sc6c(ccc7c6c6ccccc6n7-c6ccccc6)c5c43)c2)cc1. The van der Waals surface area contributed by atoms with E-state index >= 15 is 0 Å². The summed E-state index contributed by atoms with van der Waals surface area (Å²) in [5, 5.41) is 7.76. The first-order chi connectivity index (χ1) is 25.3. The largest absolute Gasteiger partial charge is 0.309 e. The topological polar surface area (TPSA) is 9.86 Å². The summed E-state index contributed by atoms with van der Waals surface area (Å²) in [5.41, 5.74) is 12.1. The number of fused-ring (bicyclic) bond motifs is 11. The third kappa shape index (κ3) is 4.22. The molecule has 0 radical (unpaired) electrons. The maximum Gasteiger partial charge on any atom is 0.0634 e. The molecule has 0 spiro atoms. The number of rotatable bonds is 4. The fourth-order valence-corrected chi connectivity index (χ4v) is 9.55. The average Bonchev–Trinajstić information content (AvgIpc) is 3.86. The minimum absolute atomic E-state index is 1.16. The van der Waals surface area contributed by atoms with Gasteiger partial charge in [0.05, 0.1) is 22.1 Å². The van der Waals surface area contributed by atoms with Crippen molar-refractivity contribution in [3.8, 4) is 33.6 Å². The highest BCUT2D eigenvalue weighted by Gasteiger charge is 2.22. The number of thiophene rings is 1. The highest BCUT2D eigenvalue weighted by molar-refractivity contribution is 7.27. The van der Waals surface area contributed by atoms with Crippen LogP contribution in [0.2, 0.25) is 0 Å². The van der Waals surface area contributed by atoms with E-state index in [1.807, 2.05) is 11.3 Å². The second kappa shape index (κ2) is 11.0. The smallest absolute Gasteiger partial charge is 0.0634 e. The van der Waals surface area contributed by atoms with Gasteiger partial charge in [0.1, 0.15) is 0 Å². The number of para-hydroxylation sites is 3. The van der Waals surface area contributed by atoms with E-state index < -0.39 is 0 Å². The average molecular weight is 667 g/mol. The predicted octanol–water partition coefficient (Wildman–Crippen LogP) is 13.6. The highest BCUT2D eigenvalue weighted by Crippen LogP contribution is 2.47. The van der Waals surface area contributed by atoms with Gasteiger partial charge >= 0.3 is 0 Å². The molecule has 0 fully saturated rings. The molecule has 0 aliphatic rings. The van der Waals surface area contributed by atoms with E-state index in [0.29, 0.717) is 0 Å². The zero-order valence-electron chi connectivity index (χ0n) is 27.6. The van der Waals surface area contributed by atoms with Gasteiger partial charge in [-0.2, -0.15) is 0 Å². The van der Waals surface area contributed by atoms with Crippen molar-refractivity contribution in [2.75, 3.05) is 0 Å². The fourth-order valence-electron chi connectivity index (χ4n) is 8.28. The highest BCUT2D eigenvalue weighted by atomic mass is 32.1. The Morgan fingerprint density at radius 3 is 1.59 bits per heavy atom. The molecule has 3 aromatic heterocycles. The predicted molar refractivity (Wildman–Crippen MR) is 219 cm³/mol. The second-order valence-electron chi connectivity index (χ2n) is 13.3.